The number of aromatic nitrogens is 1. The van der Waals surface area contributed by atoms with Crippen LogP contribution in [0.4, 0.5) is 4.79 Å². The van der Waals surface area contributed by atoms with Gasteiger partial charge in [-0.1, -0.05) is 0 Å². The summed E-state index contributed by atoms with van der Waals surface area (Å²) in [5, 5.41) is 10.5. The number of carbonyl (C=O) groups is 1. The van der Waals surface area contributed by atoms with Crippen molar-refractivity contribution < 1.29 is 9.53 Å². The molecule has 0 bridgehead atoms. The Bertz CT molecular complexity index is 584. The number of nitrogens with zero attached hydrogens (tertiary/aromatic N) is 2. The molecule has 148 valence electrons. The summed E-state index contributed by atoms with van der Waals surface area (Å²) in [6.07, 6.45) is 1.94. The van der Waals surface area contributed by atoms with Crippen molar-refractivity contribution in [1.29, 1.82) is 0 Å². The minimum atomic E-state index is -0.350. The monoisotopic (exact) mass is 495 g/mol. The van der Waals surface area contributed by atoms with Crippen molar-refractivity contribution in [2.45, 2.75) is 53.1 Å². The third-order valence-corrected chi connectivity index (χ3v) is 5.11. The predicted octanol–water partition coefficient (Wildman–Crippen LogP) is 2.96. The van der Waals surface area contributed by atoms with E-state index in [4.69, 9.17) is 4.74 Å². The Hall–Kier alpha value is -1.10. The molecule has 1 heterocycles. The molecule has 1 unspecified atom stereocenters. The summed E-state index contributed by atoms with van der Waals surface area (Å²) >= 11 is 1.68. The van der Waals surface area contributed by atoms with Crippen LogP contribution in [0.15, 0.2) is 4.99 Å². The first kappa shape index (κ1) is 22.9. The Morgan fingerprint density at radius 1 is 1.35 bits per heavy atom. The normalized spacial score (nSPS) is 15.0. The summed E-state index contributed by atoms with van der Waals surface area (Å²) in [5.41, 5.74) is 1.07. The highest BCUT2D eigenvalue weighted by molar-refractivity contribution is 14.0. The number of halogens is 1. The van der Waals surface area contributed by atoms with Gasteiger partial charge in [-0.15, -0.1) is 35.3 Å². The maximum absolute atomic E-state index is 11.7. The van der Waals surface area contributed by atoms with Crippen LogP contribution in [0.25, 0.3) is 0 Å². The second-order valence-electron chi connectivity index (χ2n) is 6.13. The highest BCUT2D eigenvalue weighted by Gasteiger charge is 2.32. The quantitative estimate of drug-likeness (QED) is 0.293. The Morgan fingerprint density at radius 2 is 2.08 bits per heavy atom. The van der Waals surface area contributed by atoms with Crippen molar-refractivity contribution in [3.63, 3.8) is 0 Å². The Morgan fingerprint density at radius 3 is 2.62 bits per heavy atom. The van der Waals surface area contributed by atoms with E-state index in [2.05, 4.69) is 32.9 Å². The van der Waals surface area contributed by atoms with E-state index in [-0.39, 0.29) is 36.1 Å². The smallest absolute Gasteiger partial charge is 0.407 e. The van der Waals surface area contributed by atoms with E-state index >= 15 is 0 Å². The molecular formula is C17H30IN5O2S. The molecule has 26 heavy (non-hydrogen) atoms. The van der Waals surface area contributed by atoms with Gasteiger partial charge in [0.2, 0.25) is 0 Å². The predicted molar refractivity (Wildman–Crippen MR) is 116 cm³/mol. The molecule has 1 aliphatic carbocycles. The molecule has 1 aliphatic rings. The van der Waals surface area contributed by atoms with Crippen LogP contribution in [0.3, 0.4) is 0 Å². The zero-order valence-corrected chi connectivity index (χ0v) is 19.1. The molecule has 0 spiro atoms. The first-order chi connectivity index (χ1) is 12.0. The SMILES string of the molecule is CCNC(=NCc1nc(C)c(C)s1)NCC(NC(=O)OCC)C1CC1.I. The van der Waals surface area contributed by atoms with Crippen molar-refractivity contribution in [3.8, 4) is 0 Å². The number of alkyl carbamates (subject to hydrolysis) is 1. The lowest BCUT2D eigenvalue weighted by Gasteiger charge is -2.20. The maximum Gasteiger partial charge on any atom is 0.407 e. The van der Waals surface area contributed by atoms with E-state index in [9.17, 15) is 4.79 Å². The molecule has 1 atom stereocenters. The van der Waals surface area contributed by atoms with E-state index in [0.717, 1.165) is 36.0 Å². The second kappa shape index (κ2) is 11.6. The lowest BCUT2D eigenvalue weighted by atomic mass is 10.2. The number of ether oxygens (including phenoxy) is 1. The summed E-state index contributed by atoms with van der Waals surface area (Å²) in [4.78, 5) is 22.0. The van der Waals surface area contributed by atoms with Gasteiger partial charge in [-0.05, 0) is 46.5 Å². The van der Waals surface area contributed by atoms with Crippen LogP contribution in [0.5, 0.6) is 0 Å². The van der Waals surface area contributed by atoms with Crippen molar-refractivity contribution in [2.24, 2.45) is 10.9 Å². The minimum Gasteiger partial charge on any atom is -0.450 e. The van der Waals surface area contributed by atoms with E-state index < -0.39 is 0 Å². The maximum atomic E-state index is 11.7. The number of hydrogen-bond donors (Lipinski definition) is 3. The zero-order chi connectivity index (χ0) is 18.2. The molecule has 9 heteroatoms. The molecule has 3 N–H and O–H groups in total. The number of rotatable bonds is 8. The Labute approximate surface area is 176 Å². The van der Waals surface area contributed by atoms with Crippen molar-refractivity contribution in [2.75, 3.05) is 19.7 Å². The molecule has 0 aliphatic heterocycles. The summed E-state index contributed by atoms with van der Waals surface area (Å²) in [6, 6.07) is 0.0623. The number of aliphatic imine (C=N–C) groups is 1. The zero-order valence-electron chi connectivity index (χ0n) is 15.9. The summed E-state index contributed by atoms with van der Waals surface area (Å²) in [5.74, 6) is 1.26. The molecule has 0 radical (unpaired) electrons. The lowest BCUT2D eigenvalue weighted by Crippen LogP contribution is -2.48. The third kappa shape index (κ3) is 7.65. The summed E-state index contributed by atoms with van der Waals surface area (Å²) in [7, 11) is 0. The highest BCUT2D eigenvalue weighted by Crippen LogP contribution is 2.32. The molecule has 0 saturated heterocycles. The summed E-state index contributed by atoms with van der Waals surface area (Å²) in [6.45, 7) is 10.3. The van der Waals surface area contributed by atoms with Crippen LogP contribution >= 0.6 is 35.3 Å². The third-order valence-electron chi connectivity index (χ3n) is 4.05. The number of aryl methyl sites for hydroxylation is 2. The van der Waals surface area contributed by atoms with Crippen molar-refractivity contribution >= 4 is 47.4 Å². The topological polar surface area (TPSA) is 87.6 Å². The van der Waals surface area contributed by atoms with Crippen molar-refractivity contribution in [3.05, 3.63) is 15.6 Å². The van der Waals surface area contributed by atoms with E-state index in [1.54, 1.807) is 11.3 Å². The van der Waals surface area contributed by atoms with Gasteiger partial charge < -0.3 is 20.7 Å². The molecule has 7 nitrogen and oxygen atoms in total. The van der Waals surface area contributed by atoms with E-state index in [1.807, 2.05) is 20.8 Å². The van der Waals surface area contributed by atoms with Gasteiger partial charge in [-0.2, -0.15) is 0 Å². The lowest BCUT2D eigenvalue weighted by molar-refractivity contribution is 0.146. The fourth-order valence-electron chi connectivity index (χ4n) is 2.46. The van der Waals surface area contributed by atoms with Gasteiger partial charge in [0.15, 0.2) is 5.96 Å². The van der Waals surface area contributed by atoms with Gasteiger partial charge in [0.25, 0.3) is 0 Å². The standard InChI is InChI=1S/C17H29N5O2S.HI/c1-5-18-16(20-10-15-21-11(3)12(4)25-15)19-9-14(13-7-8-13)22-17(23)24-6-2;/h13-14H,5-10H2,1-4H3,(H,22,23)(H2,18,19,20);1H. The number of nitrogens with one attached hydrogen (secondary N) is 3. The molecule has 1 amide bonds. The Kier molecular flexibility index (Phi) is 10.2. The Balaban J connectivity index is 0.00000338. The van der Waals surface area contributed by atoms with Gasteiger partial charge in [-0.25, -0.2) is 14.8 Å². The minimum absolute atomic E-state index is 0. The van der Waals surface area contributed by atoms with Gasteiger partial charge in [0.1, 0.15) is 5.01 Å². The van der Waals surface area contributed by atoms with Gasteiger partial charge in [-0.3, -0.25) is 0 Å². The van der Waals surface area contributed by atoms with Gasteiger partial charge in [0, 0.05) is 18.0 Å². The average molecular weight is 495 g/mol. The number of carbonyl (C=O) groups excluding carboxylic acids is 1. The van der Waals surface area contributed by atoms with Crippen LogP contribution < -0.4 is 16.0 Å². The molecule has 1 aromatic heterocycles. The highest BCUT2D eigenvalue weighted by atomic mass is 127. The molecule has 1 fully saturated rings. The fourth-order valence-corrected chi connectivity index (χ4v) is 3.32. The number of guanidine groups is 1. The molecular weight excluding hydrogens is 465 g/mol. The van der Waals surface area contributed by atoms with Gasteiger partial charge in [0.05, 0.1) is 24.9 Å². The van der Waals surface area contributed by atoms with Crippen molar-refractivity contribution in [1.82, 2.24) is 20.9 Å². The van der Waals surface area contributed by atoms with Crippen LogP contribution in [0.1, 0.15) is 42.3 Å². The number of amides is 1. The fraction of sp³-hybridized carbons (Fsp3) is 0.706. The molecule has 2 rings (SSSR count). The largest absolute Gasteiger partial charge is 0.450 e. The molecule has 1 saturated carbocycles. The first-order valence-electron chi connectivity index (χ1n) is 8.91. The number of hydrogen-bond acceptors (Lipinski definition) is 5. The second-order valence-corrected chi connectivity index (χ2v) is 7.42. The average Bonchev–Trinajstić information content (AvgIpc) is 3.35. The number of thiazole rings is 1. The van der Waals surface area contributed by atoms with Gasteiger partial charge >= 0.3 is 6.09 Å². The molecule has 1 aromatic rings. The van der Waals surface area contributed by atoms with Crippen LogP contribution in [-0.2, 0) is 11.3 Å². The van der Waals surface area contributed by atoms with Crippen LogP contribution in [0, 0.1) is 19.8 Å². The van der Waals surface area contributed by atoms with E-state index in [1.165, 1.54) is 4.88 Å². The first-order valence-corrected chi connectivity index (χ1v) is 9.73. The van der Waals surface area contributed by atoms with E-state index in [0.29, 0.717) is 25.6 Å². The van der Waals surface area contributed by atoms with Crippen LogP contribution in [-0.4, -0.2) is 42.8 Å². The summed E-state index contributed by atoms with van der Waals surface area (Å²) < 4.78 is 4.99. The molecule has 0 aromatic carbocycles. The van der Waals surface area contributed by atoms with Crippen LogP contribution in [0.2, 0.25) is 0 Å².